The van der Waals surface area contributed by atoms with Gasteiger partial charge in [-0.25, -0.2) is 4.79 Å². The van der Waals surface area contributed by atoms with Gasteiger partial charge >= 0.3 is 5.97 Å². The Hall–Kier alpha value is -2.80. The molecule has 0 bridgehead atoms. The van der Waals surface area contributed by atoms with Crippen molar-refractivity contribution in [2.75, 3.05) is 6.79 Å². The number of thiophene rings is 1. The third kappa shape index (κ3) is 2.78. The highest BCUT2D eigenvalue weighted by Gasteiger charge is 2.16. The van der Waals surface area contributed by atoms with Gasteiger partial charge in [0.1, 0.15) is 17.2 Å². The van der Waals surface area contributed by atoms with Crippen LogP contribution >= 0.6 is 11.3 Å². The van der Waals surface area contributed by atoms with Gasteiger partial charge in [-0.15, -0.1) is 11.3 Å². The predicted octanol–water partition coefficient (Wildman–Crippen LogP) is 3.49. The smallest absolute Gasteiger partial charge is 0.348 e. The fourth-order valence-corrected chi connectivity index (χ4v) is 2.79. The molecule has 3 heterocycles. The standard InChI is InChI=1S/C16H11NO5S/c18-16(15-2-1-5-23-15)19-8-11-7-13(22-17-11)10-3-4-12-14(6-10)21-9-20-12/h1-7H,8-9H2. The fraction of sp³-hybridized carbons (Fsp3) is 0.125. The Morgan fingerprint density at radius 2 is 2.13 bits per heavy atom. The largest absolute Gasteiger partial charge is 0.455 e. The molecule has 2 aromatic heterocycles. The summed E-state index contributed by atoms with van der Waals surface area (Å²) < 4.78 is 21.1. The van der Waals surface area contributed by atoms with Crippen molar-refractivity contribution >= 4 is 17.3 Å². The van der Waals surface area contributed by atoms with Crippen LogP contribution in [0.25, 0.3) is 11.3 Å². The van der Waals surface area contributed by atoms with Crippen LogP contribution in [0.5, 0.6) is 11.5 Å². The monoisotopic (exact) mass is 329 g/mol. The molecule has 4 rings (SSSR count). The summed E-state index contributed by atoms with van der Waals surface area (Å²) in [5.41, 5.74) is 1.36. The van der Waals surface area contributed by atoms with Crippen LogP contribution in [0.2, 0.25) is 0 Å². The lowest BCUT2D eigenvalue weighted by molar-refractivity contribution is 0.0470. The van der Waals surface area contributed by atoms with Gasteiger partial charge in [0.25, 0.3) is 0 Å². The van der Waals surface area contributed by atoms with Crippen molar-refractivity contribution in [2.24, 2.45) is 0 Å². The van der Waals surface area contributed by atoms with Crippen LogP contribution in [0.1, 0.15) is 15.4 Å². The van der Waals surface area contributed by atoms with Crippen molar-refractivity contribution in [1.82, 2.24) is 5.16 Å². The van der Waals surface area contributed by atoms with Crippen molar-refractivity contribution in [1.29, 1.82) is 0 Å². The van der Waals surface area contributed by atoms with E-state index in [9.17, 15) is 4.79 Å². The third-order valence-corrected chi connectivity index (χ3v) is 4.14. The summed E-state index contributed by atoms with van der Waals surface area (Å²) in [4.78, 5) is 12.3. The van der Waals surface area contributed by atoms with E-state index in [0.717, 1.165) is 5.56 Å². The molecule has 0 fully saturated rings. The van der Waals surface area contributed by atoms with E-state index in [0.29, 0.717) is 27.8 Å². The van der Waals surface area contributed by atoms with Gasteiger partial charge in [0, 0.05) is 11.6 Å². The maximum absolute atomic E-state index is 11.8. The first-order valence-corrected chi connectivity index (χ1v) is 7.74. The normalized spacial score (nSPS) is 12.3. The minimum atomic E-state index is -0.368. The highest BCUT2D eigenvalue weighted by molar-refractivity contribution is 7.11. The Labute approximate surface area is 135 Å². The molecule has 1 aliphatic rings. The van der Waals surface area contributed by atoms with E-state index in [2.05, 4.69) is 5.16 Å². The summed E-state index contributed by atoms with van der Waals surface area (Å²) in [7, 11) is 0. The summed E-state index contributed by atoms with van der Waals surface area (Å²) in [6.45, 7) is 0.282. The van der Waals surface area contributed by atoms with Gasteiger partial charge in [-0.3, -0.25) is 0 Å². The number of benzene rings is 1. The Kier molecular flexibility index (Phi) is 3.47. The van der Waals surface area contributed by atoms with Crippen molar-refractivity contribution in [3.63, 3.8) is 0 Å². The minimum Gasteiger partial charge on any atom is -0.455 e. The molecule has 7 heteroatoms. The molecular formula is C16H11NO5S. The topological polar surface area (TPSA) is 70.8 Å². The highest BCUT2D eigenvalue weighted by Crippen LogP contribution is 2.36. The number of hydrogen-bond donors (Lipinski definition) is 0. The number of esters is 1. The Bertz CT molecular complexity index is 840. The summed E-state index contributed by atoms with van der Waals surface area (Å²) in [6.07, 6.45) is 0. The van der Waals surface area contributed by atoms with E-state index < -0.39 is 0 Å². The summed E-state index contributed by atoms with van der Waals surface area (Å²) in [5, 5.41) is 5.74. The molecule has 116 valence electrons. The molecule has 0 amide bonds. The zero-order valence-electron chi connectivity index (χ0n) is 11.9. The van der Waals surface area contributed by atoms with Crippen molar-refractivity contribution in [3.05, 3.63) is 52.3 Å². The number of hydrogen-bond acceptors (Lipinski definition) is 7. The highest BCUT2D eigenvalue weighted by atomic mass is 32.1. The molecule has 0 spiro atoms. The maximum Gasteiger partial charge on any atom is 0.348 e. The molecule has 1 aliphatic heterocycles. The first-order chi connectivity index (χ1) is 11.3. The van der Waals surface area contributed by atoms with Crippen LogP contribution < -0.4 is 9.47 Å². The fourth-order valence-electron chi connectivity index (χ4n) is 2.17. The number of rotatable bonds is 4. The van der Waals surface area contributed by atoms with E-state index in [1.54, 1.807) is 18.2 Å². The van der Waals surface area contributed by atoms with E-state index >= 15 is 0 Å². The van der Waals surface area contributed by atoms with Crippen molar-refractivity contribution < 1.29 is 23.5 Å². The summed E-state index contributed by atoms with van der Waals surface area (Å²) in [6, 6.07) is 10.7. The van der Waals surface area contributed by atoms with Gasteiger partial charge in [0.2, 0.25) is 6.79 Å². The zero-order chi connectivity index (χ0) is 15.6. The van der Waals surface area contributed by atoms with Crippen LogP contribution in [0.4, 0.5) is 0 Å². The lowest BCUT2D eigenvalue weighted by atomic mass is 10.1. The van der Waals surface area contributed by atoms with Crippen molar-refractivity contribution in [3.8, 4) is 22.8 Å². The van der Waals surface area contributed by atoms with E-state index in [1.807, 2.05) is 23.6 Å². The molecule has 0 aliphatic carbocycles. The van der Waals surface area contributed by atoms with Gasteiger partial charge in [-0.05, 0) is 29.6 Å². The first-order valence-electron chi connectivity index (χ1n) is 6.86. The second kappa shape index (κ2) is 5.77. The first kappa shape index (κ1) is 13.8. The SMILES string of the molecule is O=C(OCc1cc(-c2ccc3c(c2)OCO3)on1)c1cccs1. The number of fused-ring (bicyclic) bond motifs is 1. The van der Waals surface area contributed by atoms with Gasteiger partial charge in [0.05, 0.1) is 0 Å². The van der Waals surface area contributed by atoms with Crippen molar-refractivity contribution in [2.45, 2.75) is 6.61 Å². The average molecular weight is 329 g/mol. The predicted molar refractivity (Wildman–Crippen MR) is 81.5 cm³/mol. The Morgan fingerprint density at radius 1 is 1.22 bits per heavy atom. The summed E-state index contributed by atoms with van der Waals surface area (Å²) >= 11 is 1.34. The van der Waals surface area contributed by atoms with E-state index in [1.165, 1.54) is 11.3 Å². The number of aromatic nitrogens is 1. The summed E-state index contributed by atoms with van der Waals surface area (Å²) in [5.74, 6) is 1.58. The van der Waals surface area contributed by atoms with Crippen LogP contribution in [0.15, 0.2) is 46.3 Å². The molecule has 0 N–H and O–H groups in total. The zero-order valence-corrected chi connectivity index (χ0v) is 12.7. The van der Waals surface area contributed by atoms with E-state index in [4.69, 9.17) is 18.7 Å². The van der Waals surface area contributed by atoms with Gasteiger partial charge in [-0.1, -0.05) is 11.2 Å². The minimum absolute atomic E-state index is 0.0603. The lowest BCUT2D eigenvalue weighted by Crippen LogP contribution is -2.03. The second-order valence-corrected chi connectivity index (χ2v) is 5.75. The molecule has 0 unspecified atom stereocenters. The van der Waals surface area contributed by atoms with Crippen LogP contribution in [0.3, 0.4) is 0 Å². The van der Waals surface area contributed by atoms with Crippen LogP contribution in [-0.2, 0) is 11.3 Å². The van der Waals surface area contributed by atoms with E-state index in [-0.39, 0.29) is 19.4 Å². The number of carbonyl (C=O) groups excluding carboxylic acids is 1. The molecular weight excluding hydrogens is 318 g/mol. The van der Waals surface area contributed by atoms with Gasteiger partial charge in [0.15, 0.2) is 17.3 Å². The average Bonchev–Trinajstić information content (AvgIpc) is 3.32. The van der Waals surface area contributed by atoms with Gasteiger partial charge in [-0.2, -0.15) is 0 Å². The van der Waals surface area contributed by atoms with Gasteiger partial charge < -0.3 is 18.7 Å². The molecule has 0 saturated heterocycles. The maximum atomic E-state index is 11.8. The Balaban J connectivity index is 1.45. The number of carbonyl (C=O) groups is 1. The quantitative estimate of drug-likeness (QED) is 0.682. The molecule has 0 atom stereocenters. The molecule has 3 aromatic rings. The molecule has 0 radical (unpaired) electrons. The van der Waals surface area contributed by atoms with Crippen LogP contribution in [0, 0.1) is 0 Å². The second-order valence-electron chi connectivity index (χ2n) is 4.80. The molecule has 6 nitrogen and oxygen atoms in total. The number of ether oxygens (including phenoxy) is 3. The third-order valence-electron chi connectivity index (χ3n) is 3.29. The lowest BCUT2D eigenvalue weighted by Gasteiger charge is -1.99. The van der Waals surface area contributed by atoms with Crippen LogP contribution in [-0.4, -0.2) is 17.9 Å². The molecule has 23 heavy (non-hydrogen) atoms. The molecule has 1 aromatic carbocycles. The Morgan fingerprint density at radius 3 is 3.00 bits per heavy atom. The molecule has 0 saturated carbocycles. The number of nitrogens with zero attached hydrogens (tertiary/aromatic N) is 1.